The van der Waals surface area contributed by atoms with Crippen molar-refractivity contribution in [2.24, 2.45) is 5.92 Å². The maximum Gasteiger partial charge on any atom is 0.204 e. The van der Waals surface area contributed by atoms with Crippen molar-refractivity contribution < 1.29 is 0 Å². The normalized spacial score (nSPS) is 16.2. The van der Waals surface area contributed by atoms with Crippen LogP contribution in [0.5, 0.6) is 0 Å². The lowest BCUT2D eigenvalue weighted by molar-refractivity contribution is 0.395. The lowest BCUT2D eigenvalue weighted by Crippen LogP contribution is -2.18. The van der Waals surface area contributed by atoms with E-state index in [0.29, 0.717) is 11.7 Å². The summed E-state index contributed by atoms with van der Waals surface area (Å²) in [5.41, 5.74) is 5.53. The predicted molar refractivity (Wildman–Crippen MR) is 101 cm³/mol. The highest BCUT2D eigenvalue weighted by Crippen LogP contribution is 2.27. The first-order valence-corrected chi connectivity index (χ1v) is 9.14. The van der Waals surface area contributed by atoms with Gasteiger partial charge in [-0.15, -0.1) is 10.2 Å². The molecule has 0 spiro atoms. The minimum absolute atomic E-state index is 0.555. The fourth-order valence-electron chi connectivity index (χ4n) is 3.81. The molecule has 3 aromatic heterocycles. The molecule has 4 aromatic rings. The second kappa shape index (κ2) is 6.75. The van der Waals surface area contributed by atoms with Crippen LogP contribution in [0.25, 0.3) is 22.8 Å². The van der Waals surface area contributed by atoms with Crippen LogP contribution < -0.4 is 0 Å². The number of imidazole rings is 1. The van der Waals surface area contributed by atoms with Gasteiger partial charge in [-0.25, -0.2) is 4.98 Å². The zero-order valence-corrected chi connectivity index (χ0v) is 14.8. The molecule has 1 aliphatic carbocycles. The Bertz CT molecular complexity index is 1050. The van der Waals surface area contributed by atoms with Crippen molar-refractivity contribution in [2.75, 3.05) is 0 Å². The Labute approximate surface area is 156 Å². The summed E-state index contributed by atoms with van der Waals surface area (Å²) in [4.78, 5) is 9.00. The first-order chi connectivity index (χ1) is 13.3. The number of aromatic nitrogens is 7. The van der Waals surface area contributed by atoms with E-state index in [1.807, 2.05) is 18.5 Å². The number of nitrogens with one attached hydrogen (secondary N) is 1. The Balaban J connectivity index is 1.33. The number of hydrogen-bond acceptors (Lipinski definition) is 5. The quantitative estimate of drug-likeness (QED) is 0.607. The molecule has 3 heterocycles. The molecule has 1 atom stereocenters. The minimum Gasteiger partial charge on any atom is -0.336 e. The molecule has 0 amide bonds. The van der Waals surface area contributed by atoms with Crippen molar-refractivity contribution in [3.05, 3.63) is 66.2 Å². The van der Waals surface area contributed by atoms with Crippen LogP contribution >= 0.6 is 0 Å². The summed E-state index contributed by atoms with van der Waals surface area (Å²) in [7, 11) is 0. The molecule has 0 radical (unpaired) electrons. The van der Waals surface area contributed by atoms with Gasteiger partial charge in [-0.1, -0.05) is 24.3 Å². The van der Waals surface area contributed by atoms with Crippen LogP contribution in [0.4, 0.5) is 0 Å². The van der Waals surface area contributed by atoms with E-state index in [9.17, 15) is 0 Å². The van der Waals surface area contributed by atoms with E-state index in [-0.39, 0.29) is 0 Å². The van der Waals surface area contributed by atoms with Crippen molar-refractivity contribution >= 4 is 0 Å². The Hall–Kier alpha value is -3.35. The largest absolute Gasteiger partial charge is 0.336 e. The first kappa shape index (κ1) is 15.9. The average Bonchev–Trinajstić information content (AvgIpc) is 3.40. The van der Waals surface area contributed by atoms with E-state index >= 15 is 0 Å². The Morgan fingerprint density at radius 2 is 2.00 bits per heavy atom. The van der Waals surface area contributed by atoms with Gasteiger partial charge in [0.25, 0.3) is 0 Å². The van der Waals surface area contributed by atoms with Gasteiger partial charge in [0.2, 0.25) is 5.82 Å². The molecule has 134 valence electrons. The number of hydrogen-bond donors (Lipinski definition) is 1. The summed E-state index contributed by atoms with van der Waals surface area (Å²) in [6.45, 7) is 0.978. The van der Waals surface area contributed by atoms with Crippen molar-refractivity contribution in [1.29, 1.82) is 0 Å². The molecule has 27 heavy (non-hydrogen) atoms. The van der Waals surface area contributed by atoms with Crippen LogP contribution in [0, 0.1) is 5.92 Å². The monoisotopic (exact) mass is 357 g/mol. The van der Waals surface area contributed by atoms with Crippen LogP contribution in [0.3, 0.4) is 0 Å². The molecule has 0 fully saturated rings. The van der Waals surface area contributed by atoms with E-state index in [0.717, 1.165) is 36.3 Å². The number of nitrogens with zero attached hydrogens (tertiary/aromatic N) is 6. The number of aromatic amines is 1. The number of H-pyrrole nitrogens is 1. The van der Waals surface area contributed by atoms with Gasteiger partial charge in [-0.2, -0.15) is 5.21 Å². The minimum atomic E-state index is 0.555. The zero-order chi connectivity index (χ0) is 18.1. The SMILES string of the molecule is c1ccc2c(c1)CCC(Cn1cnc(-c3cc(-c4nn[nH]n4)ccn3)c1)C2. The maximum absolute atomic E-state index is 4.55. The summed E-state index contributed by atoms with van der Waals surface area (Å²) in [5, 5.41) is 14.1. The summed E-state index contributed by atoms with van der Waals surface area (Å²) in [5.74, 6) is 1.19. The van der Waals surface area contributed by atoms with Crippen molar-refractivity contribution in [3.63, 3.8) is 0 Å². The van der Waals surface area contributed by atoms with Crippen LogP contribution in [-0.2, 0) is 19.4 Å². The highest BCUT2D eigenvalue weighted by molar-refractivity contribution is 5.63. The molecular formula is C20H19N7. The molecule has 0 saturated heterocycles. The molecule has 0 saturated carbocycles. The molecule has 1 unspecified atom stereocenters. The summed E-state index contributed by atoms with van der Waals surface area (Å²) >= 11 is 0. The van der Waals surface area contributed by atoms with E-state index in [4.69, 9.17) is 0 Å². The van der Waals surface area contributed by atoms with Crippen molar-refractivity contribution in [2.45, 2.75) is 25.8 Å². The molecule has 5 rings (SSSR count). The van der Waals surface area contributed by atoms with Crippen LogP contribution in [0.1, 0.15) is 17.5 Å². The van der Waals surface area contributed by atoms with Crippen LogP contribution in [0.2, 0.25) is 0 Å². The Morgan fingerprint density at radius 3 is 2.89 bits per heavy atom. The first-order valence-electron chi connectivity index (χ1n) is 9.14. The molecule has 1 aromatic carbocycles. The third kappa shape index (κ3) is 3.23. The van der Waals surface area contributed by atoms with Gasteiger partial charge >= 0.3 is 0 Å². The van der Waals surface area contributed by atoms with E-state index < -0.39 is 0 Å². The van der Waals surface area contributed by atoms with E-state index in [1.165, 1.54) is 17.5 Å². The zero-order valence-electron chi connectivity index (χ0n) is 14.8. The highest BCUT2D eigenvalue weighted by Gasteiger charge is 2.19. The van der Waals surface area contributed by atoms with E-state index in [1.54, 1.807) is 6.20 Å². The second-order valence-corrected chi connectivity index (χ2v) is 7.00. The summed E-state index contributed by atoms with van der Waals surface area (Å²) in [6.07, 6.45) is 9.24. The number of pyridine rings is 1. The van der Waals surface area contributed by atoms with Crippen LogP contribution in [-0.4, -0.2) is 35.2 Å². The standard InChI is InChI=1S/C20H19N7/c1-2-4-16-9-14(5-6-15(16)3-1)11-27-12-19(22-13-27)18-10-17(7-8-21-18)20-23-25-26-24-20/h1-4,7-8,10,12-14H,5-6,9,11H2,(H,23,24,25,26). The molecule has 7 nitrogen and oxygen atoms in total. The smallest absolute Gasteiger partial charge is 0.204 e. The lowest BCUT2D eigenvalue weighted by Gasteiger charge is -2.24. The van der Waals surface area contributed by atoms with Gasteiger partial charge in [-0.3, -0.25) is 4.98 Å². The van der Waals surface area contributed by atoms with Gasteiger partial charge in [0.15, 0.2) is 0 Å². The summed E-state index contributed by atoms with van der Waals surface area (Å²) < 4.78 is 2.18. The molecule has 0 bridgehead atoms. The third-order valence-electron chi connectivity index (χ3n) is 5.18. The Kier molecular flexibility index (Phi) is 3.97. The van der Waals surface area contributed by atoms with Gasteiger partial charge < -0.3 is 4.57 Å². The van der Waals surface area contributed by atoms with Gasteiger partial charge in [-0.05, 0) is 53.7 Å². The van der Waals surface area contributed by atoms with Gasteiger partial charge in [0.1, 0.15) is 5.69 Å². The lowest BCUT2D eigenvalue weighted by atomic mass is 9.84. The topological polar surface area (TPSA) is 85.2 Å². The number of aryl methyl sites for hydroxylation is 1. The molecular weight excluding hydrogens is 338 g/mol. The van der Waals surface area contributed by atoms with Gasteiger partial charge in [0.05, 0.1) is 12.0 Å². The van der Waals surface area contributed by atoms with Gasteiger partial charge in [0, 0.05) is 24.5 Å². The molecule has 7 heteroatoms. The second-order valence-electron chi connectivity index (χ2n) is 7.00. The van der Waals surface area contributed by atoms with E-state index in [2.05, 4.69) is 65.6 Å². The third-order valence-corrected chi connectivity index (χ3v) is 5.18. The average molecular weight is 357 g/mol. The van der Waals surface area contributed by atoms with Crippen molar-refractivity contribution in [1.82, 2.24) is 35.2 Å². The number of fused-ring (bicyclic) bond motifs is 1. The van der Waals surface area contributed by atoms with Crippen LogP contribution in [0.15, 0.2) is 55.1 Å². The fraction of sp³-hybridized carbons (Fsp3) is 0.250. The predicted octanol–water partition coefficient (Wildman–Crippen LogP) is 2.93. The Morgan fingerprint density at radius 1 is 1.07 bits per heavy atom. The maximum atomic E-state index is 4.55. The highest BCUT2D eigenvalue weighted by atomic mass is 15.5. The number of benzene rings is 1. The number of tetrazole rings is 1. The fourth-order valence-corrected chi connectivity index (χ4v) is 3.81. The molecule has 1 N–H and O–H groups in total. The summed E-state index contributed by atoms with van der Waals surface area (Å²) in [6, 6.07) is 12.6. The molecule has 1 aliphatic rings. The molecule has 0 aliphatic heterocycles. The number of rotatable bonds is 4. The van der Waals surface area contributed by atoms with Crippen molar-refractivity contribution in [3.8, 4) is 22.8 Å².